The van der Waals surface area contributed by atoms with Crippen LogP contribution in [0, 0.1) is 16.7 Å². The Kier molecular flexibility index (Phi) is 11.7. The molecule has 0 aromatic rings. The van der Waals surface area contributed by atoms with E-state index in [1.807, 2.05) is 30.9 Å². The fourth-order valence-electron chi connectivity index (χ4n) is 5.85. The van der Waals surface area contributed by atoms with Gasteiger partial charge in [0.2, 0.25) is 0 Å². The first kappa shape index (κ1) is 32.6. The molecular formula is C32H53ClN2O3. The van der Waals surface area contributed by atoms with Crippen molar-refractivity contribution in [2.24, 2.45) is 21.7 Å². The molecular weight excluding hydrogens is 496 g/mol. The Morgan fingerprint density at radius 2 is 1.74 bits per heavy atom. The molecule has 1 heterocycles. The number of amides is 1. The molecule has 1 fully saturated rings. The normalized spacial score (nSPS) is 24.8. The van der Waals surface area contributed by atoms with Crippen LogP contribution in [0.4, 0.5) is 0 Å². The molecule has 1 aliphatic carbocycles. The molecule has 6 heteroatoms. The number of allylic oxidation sites excluding steroid dienone is 2. The Labute approximate surface area is 237 Å². The zero-order valence-electron chi connectivity index (χ0n) is 25.6. The zero-order chi connectivity index (χ0) is 28.7. The van der Waals surface area contributed by atoms with E-state index in [1.54, 1.807) is 0 Å². The van der Waals surface area contributed by atoms with E-state index in [4.69, 9.17) is 21.3 Å². The van der Waals surface area contributed by atoms with Crippen LogP contribution in [0.25, 0.3) is 0 Å². The summed E-state index contributed by atoms with van der Waals surface area (Å²) in [7, 11) is 0. The van der Waals surface area contributed by atoms with Gasteiger partial charge in [0.25, 0.3) is 5.91 Å². The number of ether oxygens (including phenoxy) is 1. The number of carbonyl (C=O) groups excluding carboxylic acids is 2. The minimum atomic E-state index is -0.591. The van der Waals surface area contributed by atoms with Crippen LogP contribution in [0.2, 0.25) is 0 Å². The van der Waals surface area contributed by atoms with Crippen molar-refractivity contribution < 1.29 is 14.3 Å². The average Bonchev–Trinajstić information content (AvgIpc) is 3.04. The van der Waals surface area contributed by atoms with E-state index < -0.39 is 5.66 Å². The van der Waals surface area contributed by atoms with Crippen molar-refractivity contribution in [1.29, 1.82) is 0 Å². The Morgan fingerprint density at radius 3 is 2.24 bits per heavy atom. The highest BCUT2D eigenvalue weighted by Gasteiger charge is 2.50. The predicted octanol–water partition coefficient (Wildman–Crippen LogP) is 8.61. The number of hydrogen-bond acceptors (Lipinski definition) is 4. The molecule has 1 saturated carbocycles. The molecule has 0 N–H and O–H groups in total. The van der Waals surface area contributed by atoms with Gasteiger partial charge in [0.15, 0.2) is 5.17 Å². The fourth-order valence-corrected chi connectivity index (χ4v) is 6.09. The van der Waals surface area contributed by atoms with E-state index >= 15 is 0 Å². The van der Waals surface area contributed by atoms with Gasteiger partial charge in [-0.15, -0.1) is 0 Å². The second kappa shape index (κ2) is 13.6. The van der Waals surface area contributed by atoms with Gasteiger partial charge in [0, 0.05) is 5.57 Å². The monoisotopic (exact) mass is 548 g/mol. The fraction of sp³-hybridized carbons (Fsp3) is 0.781. The van der Waals surface area contributed by atoms with Crippen LogP contribution in [-0.2, 0) is 14.3 Å². The van der Waals surface area contributed by atoms with E-state index in [2.05, 4.69) is 48.5 Å². The molecule has 5 nitrogen and oxygen atoms in total. The summed E-state index contributed by atoms with van der Waals surface area (Å²) < 4.78 is 5.37. The summed E-state index contributed by atoms with van der Waals surface area (Å²) in [6.07, 6.45) is 13.0. The minimum Gasteiger partial charge on any atom is -0.462 e. The maximum atomic E-state index is 13.6. The van der Waals surface area contributed by atoms with Gasteiger partial charge >= 0.3 is 5.97 Å². The molecule has 0 aromatic heterocycles. The molecule has 1 spiro atoms. The lowest BCUT2D eigenvalue weighted by atomic mass is 9.72. The van der Waals surface area contributed by atoms with Gasteiger partial charge in [-0.05, 0) is 87.9 Å². The standard InChI is InChI=1S/C32H53ClN2O3/c1-10-22-38-29(37)24(11-2)17-16-23(3)26(18-21-30(4,5)6)35-28(36)27(33)34-32(35)19-12-14-25(15-13-20-32)31(7,8)9/h16-17,25-26H,10-15,18-22H2,1-9H3/b23-16+,24-17+. The smallest absolute Gasteiger partial charge is 0.333 e. The van der Waals surface area contributed by atoms with E-state index in [1.165, 1.54) is 0 Å². The Balaban J connectivity index is 2.44. The molecule has 216 valence electrons. The lowest BCUT2D eigenvalue weighted by Crippen LogP contribution is -2.53. The van der Waals surface area contributed by atoms with Crippen LogP contribution in [-0.4, -0.2) is 40.3 Å². The van der Waals surface area contributed by atoms with E-state index in [9.17, 15) is 9.59 Å². The van der Waals surface area contributed by atoms with Crippen LogP contribution in [0.1, 0.15) is 127 Å². The van der Waals surface area contributed by atoms with Gasteiger partial charge < -0.3 is 9.64 Å². The molecule has 0 radical (unpaired) electrons. The Morgan fingerprint density at radius 1 is 1.13 bits per heavy atom. The van der Waals surface area contributed by atoms with Crippen molar-refractivity contribution in [3.8, 4) is 0 Å². The van der Waals surface area contributed by atoms with E-state index in [-0.39, 0.29) is 33.9 Å². The second-order valence-corrected chi connectivity index (χ2v) is 14.0. The topological polar surface area (TPSA) is 59.0 Å². The van der Waals surface area contributed by atoms with Crippen LogP contribution in [0.15, 0.2) is 28.3 Å². The number of rotatable bonds is 9. The molecule has 0 saturated heterocycles. The summed E-state index contributed by atoms with van der Waals surface area (Å²) >= 11 is 6.52. The summed E-state index contributed by atoms with van der Waals surface area (Å²) in [5.74, 6) is 0.250. The number of carbonyl (C=O) groups is 2. The summed E-state index contributed by atoms with van der Waals surface area (Å²) in [4.78, 5) is 33.1. The number of hydrogen-bond donors (Lipinski definition) is 0. The second-order valence-electron chi connectivity index (χ2n) is 13.6. The molecule has 2 rings (SSSR count). The lowest BCUT2D eigenvalue weighted by Gasteiger charge is -2.45. The number of nitrogens with zero attached hydrogens (tertiary/aromatic N) is 2. The molecule has 1 atom stereocenters. The summed E-state index contributed by atoms with van der Waals surface area (Å²) in [6, 6.07) is -0.138. The minimum absolute atomic E-state index is 0.111. The summed E-state index contributed by atoms with van der Waals surface area (Å²) in [6.45, 7) is 20.1. The van der Waals surface area contributed by atoms with Crippen LogP contribution in [0.3, 0.4) is 0 Å². The third kappa shape index (κ3) is 8.69. The first-order valence-corrected chi connectivity index (χ1v) is 15.2. The summed E-state index contributed by atoms with van der Waals surface area (Å²) in [5, 5.41) is 0.111. The van der Waals surface area contributed by atoms with Crippen molar-refractivity contribution in [2.45, 2.75) is 138 Å². The number of aliphatic imine (C=N–C) groups is 1. The number of esters is 1. The average molecular weight is 549 g/mol. The largest absolute Gasteiger partial charge is 0.462 e. The maximum absolute atomic E-state index is 13.6. The quantitative estimate of drug-likeness (QED) is 0.164. The van der Waals surface area contributed by atoms with Gasteiger partial charge in [-0.25, -0.2) is 9.79 Å². The van der Waals surface area contributed by atoms with E-state index in [0.29, 0.717) is 24.5 Å². The Bertz CT molecular complexity index is 910. The first-order chi connectivity index (χ1) is 17.6. The molecule has 0 aromatic carbocycles. The highest BCUT2D eigenvalue weighted by Crippen LogP contribution is 2.45. The third-order valence-electron chi connectivity index (χ3n) is 8.27. The van der Waals surface area contributed by atoms with Crippen molar-refractivity contribution in [2.75, 3.05) is 6.61 Å². The molecule has 0 bridgehead atoms. The summed E-state index contributed by atoms with van der Waals surface area (Å²) in [5.41, 5.74) is 1.50. The highest BCUT2D eigenvalue weighted by molar-refractivity contribution is 6.83. The highest BCUT2D eigenvalue weighted by atomic mass is 35.5. The predicted molar refractivity (Wildman–Crippen MR) is 159 cm³/mol. The number of halogens is 1. The van der Waals surface area contributed by atoms with E-state index in [0.717, 1.165) is 63.4 Å². The maximum Gasteiger partial charge on any atom is 0.333 e. The van der Waals surface area contributed by atoms with Gasteiger partial charge in [-0.3, -0.25) is 4.79 Å². The molecule has 1 amide bonds. The van der Waals surface area contributed by atoms with Crippen LogP contribution < -0.4 is 0 Å². The van der Waals surface area contributed by atoms with Crippen molar-refractivity contribution in [3.05, 3.63) is 23.3 Å². The van der Waals surface area contributed by atoms with Crippen molar-refractivity contribution in [3.63, 3.8) is 0 Å². The van der Waals surface area contributed by atoms with Gasteiger partial charge in [0.1, 0.15) is 5.66 Å². The molecule has 1 unspecified atom stereocenters. The zero-order valence-corrected chi connectivity index (χ0v) is 26.3. The van der Waals surface area contributed by atoms with Crippen LogP contribution >= 0.6 is 11.6 Å². The lowest BCUT2D eigenvalue weighted by molar-refractivity contribution is -0.139. The SMILES string of the molecule is CCCOC(=O)/C(=C/C=C(\C)C(CCC(C)(C)C)N1C(=O)C(Cl)=NC12CCCC(C(C)(C)C)CCC2)CC. The first-order valence-electron chi connectivity index (χ1n) is 14.8. The Hall–Kier alpha value is -1.62. The van der Waals surface area contributed by atoms with Gasteiger partial charge in [0.05, 0.1) is 12.6 Å². The van der Waals surface area contributed by atoms with Gasteiger partial charge in [-0.2, -0.15) is 0 Å². The molecule has 1 aliphatic heterocycles. The van der Waals surface area contributed by atoms with Crippen LogP contribution in [0.5, 0.6) is 0 Å². The molecule has 38 heavy (non-hydrogen) atoms. The van der Waals surface area contributed by atoms with Crippen molar-refractivity contribution >= 4 is 28.6 Å². The third-order valence-corrected chi connectivity index (χ3v) is 8.51. The molecule has 2 aliphatic rings. The van der Waals surface area contributed by atoms with Gasteiger partial charge in [-0.1, -0.05) is 84.7 Å². The van der Waals surface area contributed by atoms with Crippen molar-refractivity contribution in [1.82, 2.24) is 4.90 Å².